The van der Waals surface area contributed by atoms with E-state index in [1.54, 1.807) is 24.3 Å². The molecule has 1 aliphatic carbocycles. The van der Waals surface area contributed by atoms with Crippen molar-refractivity contribution in [2.45, 2.75) is 25.3 Å². The van der Waals surface area contributed by atoms with E-state index in [-0.39, 0.29) is 41.9 Å². The second-order valence-electron chi connectivity index (χ2n) is 6.36. The lowest BCUT2D eigenvalue weighted by atomic mass is 10.0. The maximum Gasteiger partial charge on any atom is 0.257 e. The highest BCUT2D eigenvalue weighted by Gasteiger charge is 2.27. The first-order valence-corrected chi connectivity index (χ1v) is 8.48. The highest BCUT2D eigenvalue weighted by atomic mass is 35.5. The number of carbonyl (C=O) groups is 2. The van der Waals surface area contributed by atoms with Crippen molar-refractivity contribution >= 4 is 35.1 Å². The summed E-state index contributed by atoms with van der Waals surface area (Å²) in [5.41, 5.74) is 6.00. The standard InChI is InChI=1S/C18H22N4O3.ClH/c19-8-11-4-3-7-14(11)22-16(23)10-21-18(25)13-9-20-15-6-2-1-5-12(15)17(13)24;/h1-2,5-6,9,11,14H,3-4,7-8,10,19H2,(H,20,24)(H,21,25)(H,22,23);1H. The third-order valence-electron chi connectivity index (χ3n) is 4.75. The molecule has 3 rings (SSSR count). The highest BCUT2D eigenvalue weighted by molar-refractivity contribution is 5.98. The van der Waals surface area contributed by atoms with Gasteiger partial charge in [-0.05, 0) is 37.4 Å². The number of H-pyrrole nitrogens is 1. The molecular weight excluding hydrogens is 356 g/mol. The zero-order valence-corrected chi connectivity index (χ0v) is 15.1. The van der Waals surface area contributed by atoms with Crippen molar-refractivity contribution < 1.29 is 9.59 Å². The Morgan fingerprint density at radius 1 is 1.23 bits per heavy atom. The lowest BCUT2D eigenvalue weighted by Crippen LogP contribution is -2.45. The molecule has 1 aromatic heterocycles. The first kappa shape index (κ1) is 19.9. The van der Waals surface area contributed by atoms with Crippen molar-refractivity contribution in [3.8, 4) is 0 Å². The predicted octanol–water partition coefficient (Wildman–Crippen LogP) is 0.923. The molecule has 2 amide bonds. The number of aromatic nitrogens is 1. The van der Waals surface area contributed by atoms with Gasteiger partial charge in [0.15, 0.2) is 0 Å². The summed E-state index contributed by atoms with van der Waals surface area (Å²) in [7, 11) is 0. The van der Waals surface area contributed by atoms with Gasteiger partial charge in [0.05, 0.1) is 6.54 Å². The average Bonchev–Trinajstić information content (AvgIpc) is 3.07. The number of hydrogen-bond acceptors (Lipinski definition) is 4. The van der Waals surface area contributed by atoms with Gasteiger partial charge in [-0.1, -0.05) is 18.6 Å². The molecule has 1 aromatic carbocycles. The van der Waals surface area contributed by atoms with Crippen LogP contribution in [0.5, 0.6) is 0 Å². The number of benzene rings is 1. The van der Waals surface area contributed by atoms with Crippen molar-refractivity contribution in [2.75, 3.05) is 13.1 Å². The van der Waals surface area contributed by atoms with E-state index in [1.807, 2.05) is 0 Å². The van der Waals surface area contributed by atoms with Gasteiger partial charge >= 0.3 is 0 Å². The number of nitrogens with two attached hydrogens (primary N) is 1. The zero-order valence-electron chi connectivity index (χ0n) is 14.3. The minimum atomic E-state index is -0.566. The SMILES string of the molecule is Cl.NCC1CCCC1NC(=O)CNC(=O)c1c[nH]c2ccccc2c1=O. The van der Waals surface area contributed by atoms with Gasteiger partial charge in [-0.15, -0.1) is 12.4 Å². The van der Waals surface area contributed by atoms with Crippen LogP contribution in [0.2, 0.25) is 0 Å². The molecule has 0 saturated heterocycles. The monoisotopic (exact) mass is 378 g/mol. The molecule has 26 heavy (non-hydrogen) atoms. The summed E-state index contributed by atoms with van der Waals surface area (Å²) < 4.78 is 0. The van der Waals surface area contributed by atoms with Crippen LogP contribution in [-0.2, 0) is 4.79 Å². The Morgan fingerprint density at radius 3 is 2.77 bits per heavy atom. The van der Waals surface area contributed by atoms with Crippen LogP contribution >= 0.6 is 12.4 Å². The Kier molecular flexibility index (Phi) is 6.76. The molecule has 5 N–H and O–H groups in total. The quantitative estimate of drug-likeness (QED) is 0.619. The Bertz CT molecular complexity index is 852. The van der Waals surface area contributed by atoms with Gasteiger partial charge in [-0.25, -0.2) is 0 Å². The molecular formula is C18H23ClN4O3. The number of fused-ring (bicyclic) bond motifs is 1. The van der Waals surface area contributed by atoms with Crippen molar-refractivity contribution in [1.82, 2.24) is 15.6 Å². The smallest absolute Gasteiger partial charge is 0.257 e. The normalized spacial score (nSPS) is 19.0. The maximum absolute atomic E-state index is 12.4. The first-order chi connectivity index (χ1) is 12.1. The van der Waals surface area contributed by atoms with Gasteiger partial charge in [0.25, 0.3) is 5.91 Å². The van der Waals surface area contributed by atoms with Gasteiger partial charge < -0.3 is 21.4 Å². The topological polar surface area (TPSA) is 117 Å². The number of para-hydroxylation sites is 1. The number of halogens is 1. The van der Waals surface area contributed by atoms with Gasteiger partial charge in [0.2, 0.25) is 11.3 Å². The second kappa shape index (κ2) is 8.82. The van der Waals surface area contributed by atoms with E-state index < -0.39 is 5.91 Å². The van der Waals surface area contributed by atoms with Crippen LogP contribution in [-0.4, -0.2) is 35.9 Å². The van der Waals surface area contributed by atoms with Crippen LogP contribution in [0.4, 0.5) is 0 Å². The lowest BCUT2D eigenvalue weighted by Gasteiger charge is -2.19. The molecule has 0 spiro atoms. The van der Waals surface area contributed by atoms with Crippen molar-refractivity contribution in [1.29, 1.82) is 0 Å². The van der Waals surface area contributed by atoms with Crippen LogP contribution in [0.25, 0.3) is 10.9 Å². The maximum atomic E-state index is 12.4. The van der Waals surface area contributed by atoms with Crippen molar-refractivity contribution in [2.24, 2.45) is 11.7 Å². The summed E-state index contributed by atoms with van der Waals surface area (Å²) in [4.78, 5) is 39.6. The lowest BCUT2D eigenvalue weighted by molar-refractivity contribution is -0.121. The van der Waals surface area contributed by atoms with Gasteiger partial charge in [0, 0.05) is 23.1 Å². The van der Waals surface area contributed by atoms with Crippen LogP contribution in [0, 0.1) is 5.92 Å². The molecule has 0 radical (unpaired) electrons. The van der Waals surface area contributed by atoms with E-state index in [2.05, 4.69) is 15.6 Å². The van der Waals surface area contributed by atoms with E-state index in [1.165, 1.54) is 6.20 Å². The number of hydrogen-bond donors (Lipinski definition) is 4. The molecule has 140 valence electrons. The summed E-state index contributed by atoms with van der Waals surface area (Å²) in [6, 6.07) is 7.03. The minimum absolute atomic E-state index is 0. The van der Waals surface area contributed by atoms with E-state index >= 15 is 0 Å². The van der Waals surface area contributed by atoms with Crippen LogP contribution in [0.1, 0.15) is 29.6 Å². The number of pyridine rings is 1. The Morgan fingerprint density at radius 2 is 2.00 bits per heavy atom. The molecule has 7 nitrogen and oxygen atoms in total. The van der Waals surface area contributed by atoms with Gasteiger partial charge in [-0.2, -0.15) is 0 Å². The van der Waals surface area contributed by atoms with Crippen LogP contribution < -0.4 is 21.8 Å². The van der Waals surface area contributed by atoms with Crippen molar-refractivity contribution in [3.05, 3.63) is 46.2 Å². The molecule has 2 aromatic rings. The Balaban J connectivity index is 0.00000243. The molecule has 0 aliphatic heterocycles. The zero-order chi connectivity index (χ0) is 17.8. The highest BCUT2D eigenvalue weighted by Crippen LogP contribution is 2.24. The molecule has 1 saturated carbocycles. The summed E-state index contributed by atoms with van der Waals surface area (Å²) in [6.45, 7) is 0.378. The Hall–Kier alpha value is -2.38. The number of amides is 2. The molecule has 1 fully saturated rings. The van der Waals surface area contributed by atoms with Crippen LogP contribution in [0.3, 0.4) is 0 Å². The summed E-state index contributed by atoms with van der Waals surface area (Å²) in [5, 5.41) is 5.86. The summed E-state index contributed by atoms with van der Waals surface area (Å²) in [5.74, 6) is -0.539. The fourth-order valence-electron chi connectivity index (χ4n) is 3.36. The second-order valence-corrected chi connectivity index (χ2v) is 6.36. The molecule has 2 unspecified atom stereocenters. The summed E-state index contributed by atoms with van der Waals surface area (Å²) >= 11 is 0. The third kappa shape index (κ3) is 4.23. The van der Waals surface area contributed by atoms with Gasteiger partial charge in [-0.3, -0.25) is 14.4 Å². The molecule has 1 aliphatic rings. The molecule has 8 heteroatoms. The molecule has 0 bridgehead atoms. The fraction of sp³-hybridized carbons (Fsp3) is 0.389. The van der Waals surface area contributed by atoms with Crippen LogP contribution in [0.15, 0.2) is 35.3 Å². The Labute approximate surface area is 157 Å². The van der Waals surface area contributed by atoms with E-state index in [4.69, 9.17) is 5.73 Å². The fourth-order valence-corrected chi connectivity index (χ4v) is 3.36. The average molecular weight is 379 g/mol. The van der Waals surface area contributed by atoms with E-state index in [9.17, 15) is 14.4 Å². The number of nitrogens with one attached hydrogen (secondary N) is 3. The molecule has 1 heterocycles. The largest absolute Gasteiger partial charge is 0.360 e. The van der Waals surface area contributed by atoms with Crippen molar-refractivity contribution in [3.63, 3.8) is 0 Å². The number of rotatable bonds is 5. The molecule has 2 atom stereocenters. The van der Waals surface area contributed by atoms with Gasteiger partial charge in [0.1, 0.15) is 5.56 Å². The predicted molar refractivity (Wildman–Crippen MR) is 102 cm³/mol. The van der Waals surface area contributed by atoms with E-state index in [0.29, 0.717) is 23.4 Å². The minimum Gasteiger partial charge on any atom is -0.360 e. The third-order valence-corrected chi connectivity index (χ3v) is 4.75. The number of aromatic amines is 1. The van der Waals surface area contributed by atoms with E-state index in [0.717, 1.165) is 19.3 Å². The first-order valence-electron chi connectivity index (χ1n) is 8.48. The number of carbonyl (C=O) groups excluding carboxylic acids is 2. The summed E-state index contributed by atoms with van der Waals surface area (Å²) in [6.07, 6.45) is 4.34.